The molecule has 0 saturated carbocycles. The average molecular weight is 552 g/mol. The summed E-state index contributed by atoms with van der Waals surface area (Å²) in [6, 6.07) is 22.4. The van der Waals surface area contributed by atoms with Crippen LogP contribution in [0.2, 0.25) is 10.0 Å². The molecule has 3 aromatic rings. The molecule has 0 atom stereocenters. The van der Waals surface area contributed by atoms with Crippen molar-refractivity contribution >= 4 is 29.0 Å². The zero-order chi connectivity index (χ0) is 27.4. The number of nitrogens with zero attached hydrogens (tertiary/aromatic N) is 1. The molecular formula is C29H30Cl2F3NO2. The minimum absolute atomic E-state index is 0.210. The lowest BCUT2D eigenvalue weighted by atomic mass is 9.83. The normalized spacial score (nSPS) is 12.6. The van der Waals surface area contributed by atoms with Crippen LogP contribution in [0.1, 0.15) is 43.9 Å². The van der Waals surface area contributed by atoms with Gasteiger partial charge in [-0.05, 0) is 100 Å². The number of ether oxygens (including phenoxy) is 1. The van der Waals surface area contributed by atoms with Crippen LogP contribution >= 0.6 is 23.2 Å². The zero-order valence-electron chi connectivity index (χ0n) is 21.2. The van der Waals surface area contributed by atoms with Gasteiger partial charge in [0, 0.05) is 10.0 Å². The van der Waals surface area contributed by atoms with Gasteiger partial charge in [0.25, 0.3) is 5.78 Å². The van der Waals surface area contributed by atoms with Crippen LogP contribution in [0.4, 0.5) is 13.2 Å². The molecule has 8 heteroatoms. The summed E-state index contributed by atoms with van der Waals surface area (Å²) >= 11 is 12.3. The van der Waals surface area contributed by atoms with E-state index in [4.69, 9.17) is 27.9 Å². The maximum atomic E-state index is 12.8. The maximum absolute atomic E-state index is 12.8. The van der Waals surface area contributed by atoms with E-state index in [-0.39, 0.29) is 5.75 Å². The quantitative estimate of drug-likeness (QED) is 0.255. The van der Waals surface area contributed by atoms with E-state index in [1.54, 1.807) is 24.3 Å². The van der Waals surface area contributed by atoms with E-state index in [0.29, 0.717) is 10.0 Å². The van der Waals surface area contributed by atoms with Crippen molar-refractivity contribution in [2.45, 2.75) is 50.9 Å². The second kappa shape index (κ2) is 11.5. The smallest absolute Gasteiger partial charge is 0.454 e. The number of aryl methyl sites for hydroxylation is 1. The van der Waals surface area contributed by atoms with Gasteiger partial charge in [-0.15, -0.1) is 0 Å². The van der Waals surface area contributed by atoms with E-state index in [1.165, 1.54) is 0 Å². The van der Waals surface area contributed by atoms with Crippen molar-refractivity contribution in [1.82, 2.24) is 4.90 Å². The molecule has 0 aliphatic carbocycles. The van der Waals surface area contributed by atoms with Crippen molar-refractivity contribution in [2.24, 2.45) is 0 Å². The molecule has 0 aromatic heterocycles. The Bertz CT molecular complexity index is 1150. The Morgan fingerprint density at radius 3 is 1.70 bits per heavy atom. The first-order valence-electron chi connectivity index (χ1n) is 11.9. The predicted molar refractivity (Wildman–Crippen MR) is 143 cm³/mol. The fourth-order valence-corrected chi connectivity index (χ4v) is 4.56. The van der Waals surface area contributed by atoms with Crippen molar-refractivity contribution in [3.63, 3.8) is 0 Å². The van der Waals surface area contributed by atoms with Gasteiger partial charge in [0.2, 0.25) is 0 Å². The summed E-state index contributed by atoms with van der Waals surface area (Å²) < 4.78 is 43.8. The number of benzene rings is 3. The van der Waals surface area contributed by atoms with Crippen molar-refractivity contribution in [3.05, 3.63) is 99.5 Å². The number of Topliss-reactive ketones (excluding diaryl/α,β-unsaturated/α-hetero) is 1. The molecule has 37 heavy (non-hydrogen) atoms. The van der Waals surface area contributed by atoms with Gasteiger partial charge in [-0.2, -0.15) is 13.2 Å². The first kappa shape index (κ1) is 29.0. The summed E-state index contributed by atoms with van der Waals surface area (Å²) in [6.45, 7) is 5.17. The van der Waals surface area contributed by atoms with Crippen molar-refractivity contribution < 1.29 is 22.7 Å². The van der Waals surface area contributed by atoms with Gasteiger partial charge in [0.15, 0.2) is 5.60 Å². The summed E-state index contributed by atoms with van der Waals surface area (Å²) in [5, 5.41) is 1.34. The second-order valence-corrected chi connectivity index (χ2v) is 10.6. The van der Waals surface area contributed by atoms with E-state index in [1.807, 2.05) is 48.5 Å². The number of carbonyl (C=O) groups is 1. The first-order valence-corrected chi connectivity index (χ1v) is 12.6. The van der Waals surface area contributed by atoms with Gasteiger partial charge in [-0.25, -0.2) is 0 Å². The molecule has 198 valence electrons. The average Bonchev–Trinajstić information content (AvgIpc) is 2.84. The number of rotatable bonds is 10. The van der Waals surface area contributed by atoms with Crippen molar-refractivity contribution in [1.29, 1.82) is 0 Å². The van der Waals surface area contributed by atoms with Crippen molar-refractivity contribution in [3.8, 4) is 5.75 Å². The van der Waals surface area contributed by atoms with Crippen molar-refractivity contribution in [2.75, 3.05) is 13.6 Å². The first-order chi connectivity index (χ1) is 17.2. The lowest BCUT2D eigenvalue weighted by Gasteiger charge is -2.40. The topological polar surface area (TPSA) is 29.5 Å². The van der Waals surface area contributed by atoms with Gasteiger partial charge in [0.05, 0.1) is 5.54 Å². The van der Waals surface area contributed by atoms with Crippen LogP contribution in [0, 0.1) is 0 Å². The molecule has 0 fully saturated rings. The van der Waals surface area contributed by atoms with Crippen LogP contribution in [0.5, 0.6) is 5.75 Å². The number of carbonyl (C=O) groups excluding carboxylic acids is 1. The molecular weight excluding hydrogens is 522 g/mol. The SMILES string of the molecule is CN(CCCc1ccc(OC(C)(C)C(=O)C(F)(F)F)cc1)C(C)(c1ccc(Cl)cc1)c1ccc(Cl)cc1. The predicted octanol–water partition coefficient (Wildman–Crippen LogP) is 8.11. The largest absolute Gasteiger partial charge is 0.480 e. The van der Waals surface area contributed by atoms with Gasteiger partial charge < -0.3 is 4.74 Å². The second-order valence-electron chi connectivity index (χ2n) is 9.69. The van der Waals surface area contributed by atoms with Crippen LogP contribution in [0.25, 0.3) is 0 Å². The van der Waals surface area contributed by atoms with Crippen LogP contribution in [0.3, 0.4) is 0 Å². The molecule has 0 radical (unpaired) electrons. The molecule has 0 amide bonds. The fourth-order valence-electron chi connectivity index (χ4n) is 4.31. The molecule has 0 heterocycles. The van der Waals surface area contributed by atoms with E-state index in [9.17, 15) is 18.0 Å². The fraction of sp³-hybridized carbons (Fsp3) is 0.345. The molecule has 0 unspecified atom stereocenters. The molecule has 0 spiro atoms. The van der Waals surface area contributed by atoms with Gasteiger partial charge in [0.1, 0.15) is 5.75 Å². The molecule has 0 aliphatic heterocycles. The van der Waals surface area contributed by atoms with E-state index in [0.717, 1.165) is 49.9 Å². The van der Waals surface area contributed by atoms with Gasteiger partial charge >= 0.3 is 6.18 Å². The third-order valence-corrected chi connectivity index (χ3v) is 7.14. The zero-order valence-corrected chi connectivity index (χ0v) is 22.7. The Kier molecular flexibility index (Phi) is 8.99. The summed E-state index contributed by atoms with van der Waals surface area (Å²) in [7, 11) is 2.07. The Morgan fingerprint density at radius 2 is 1.27 bits per heavy atom. The minimum atomic E-state index is -4.96. The highest BCUT2D eigenvalue weighted by atomic mass is 35.5. The van der Waals surface area contributed by atoms with Crippen LogP contribution in [-0.2, 0) is 16.8 Å². The molecule has 3 rings (SSSR count). The van der Waals surface area contributed by atoms with Crippen LogP contribution < -0.4 is 4.74 Å². The van der Waals surface area contributed by atoms with E-state index in [2.05, 4.69) is 18.9 Å². The molecule has 0 aliphatic rings. The lowest BCUT2D eigenvalue weighted by Crippen LogP contribution is -2.46. The molecule has 0 saturated heterocycles. The summed E-state index contributed by atoms with van der Waals surface area (Å²) in [6.07, 6.45) is -3.36. The molecule has 0 bridgehead atoms. The Labute approximate surface area is 226 Å². The maximum Gasteiger partial charge on any atom is 0.454 e. The number of ketones is 1. The Hall–Kier alpha value is -2.54. The highest BCUT2D eigenvalue weighted by Crippen LogP contribution is 2.36. The van der Waals surface area contributed by atoms with Crippen LogP contribution in [0.15, 0.2) is 72.8 Å². The summed E-state index contributed by atoms with van der Waals surface area (Å²) in [5.41, 5.74) is 0.776. The number of alkyl halides is 3. The lowest BCUT2D eigenvalue weighted by molar-refractivity contribution is -0.184. The summed E-state index contributed by atoms with van der Waals surface area (Å²) in [5.74, 6) is -1.71. The van der Waals surface area contributed by atoms with Crippen LogP contribution in [-0.4, -0.2) is 36.1 Å². The van der Waals surface area contributed by atoms with Gasteiger partial charge in [-0.1, -0.05) is 59.6 Å². The van der Waals surface area contributed by atoms with Gasteiger partial charge in [-0.3, -0.25) is 9.69 Å². The molecule has 3 nitrogen and oxygen atoms in total. The monoisotopic (exact) mass is 551 g/mol. The molecule has 0 N–H and O–H groups in total. The highest BCUT2D eigenvalue weighted by Gasteiger charge is 2.49. The number of halogens is 5. The highest BCUT2D eigenvalue weighted by molar-refractivity contribution is 6.30. The minimum Gasteiger partial charge on any atom is -0.480 e. The third-order valence-electron chi connectivity index (χ3n) is 6.64. The Balaban J connectivity index is 1.68. The third kappa shape index (κ3) is 7.07. The molecule has 3 aromatic carbocycles. The number of hydrogen-bond acceptors (Lipinski definition) is 3. The van der Waals surface area contributed by atoms with E-state index < -0.39 is 23.1 Å². The number of hydrogen-bond donors (Lipinski definition) is 0. The standard InChI is InChI=1S/C29H30Cl2F3NO2/c1-27(2,26(36)29(32,33)34)37-25-17-7-20(8-18-25)6-5-19-35(4)28(3,21-9-13-23(30)14-10-21)22-11-15-24(31)16-12-22/h7-18H,5-6,19H2,1-4H3. The summed E-state index contributed by atoms with van der Waals surface area (Å²) in [4.78, 5) is 13.9. The Morgan fingerprint density at radius 1 is 0.811 bits per heavy atom. The van der Waals surface area contributed by atoms with E-state index >= 15 is 0 Å².